The molecule has 4 rings (SSSR count). The summed E-state index contributed by atoms with van der Waals surface area (Å²) in [5, 5.41) is 23.1. The van der Waals surface area contributed by atoms with Gasteiger partial charge in [-0.25, -0.2) is 0 Å². The summed E-state index contributed by atoms with van der Waals surface area (Å²) in [6, 6.07) is 6.87. The summed E-state index contributed by atoms with van der Waals surface area (Å²) in [6.45, 7) is 2.53. The topological polar surface area (TPSA) is 99.1 Å². The van der Waals surface area contributed by atoms with Crippen molar-refractivity contribution in [2.24, 2.45) is 5.92 Å². The Kier molecular flexibility index (Phi) is 6.11. The third-order valence-electron chi connectivity index (χ3n) is 6.17. The first kappa shape index (κ1) is 20.9. The molecule has 1 aromatic rings. The maximum Gasteiger partial charge on any atom is 0.247 e. The van der Waals surface area contributed by atoms with Gasteiger partial charge in [-0.3, -0.25) is 9.59 Å². The summed E-state index contributed by atoms with van der Waals surface area (Å²) in [4.78, 5) is 27.6. The number of rotatable bonds is 8. The highest BCUT2D eigenvalue weighted by Gasteiger charge is 2.50. The summed E-state index contributed by atoms with van der Waals surface area (Å²) in [6.07, 6.45) is 3.48. The van der Waals surface area contributed by atoms with E-state index in [0.29, 0.717) is 30.2 Å². The zero-order valence-corrected chi connectivity index (χ0v) is 17.3. The lowest BCUT2D eigenvalue weighted by Gasteiger charge is -2.41. The number of hydrogen-bond acceptors (Lipinski definition) is 5. The molecular weight excluding hydrogens is 384 g/mol. The van der Waals surface area contributed by atoms with Crippen LogP contribution >= 0.6 is 0 Å². The minimum Gasteiger partial charge on any atom is -0.486 e. The molecule has 3 N–H and O–H groups in total. The highest BCUT2D eigenvalue weighted by Crippen LogP contribution is 2.47. The fourth-order valence-corrected chi connectivity index (χ4v) is 4.52. The first-order chi connectivity index (χ1) is 14.5. The Balaban J connectivity index is 1.71. The number of fused-ring (bicyclic) bond motifs is 3. The first-order valence-electron chi connectivity index (χ1n) is 10.9. The number of para-hydroxylation sites is 1. The zero-order valence-electron chi connectivity index (χ0n) is 17.3. The van der Waals surface area contributed by atoms with Crippen molar-refractivity contribution in [1.29, 1.82) is 0 Å². The number of nitrogens with one attached hydrogen (secondary N) is 1. The molecule has 7 nitrogen and oxygen atoms in total. The molecule has 30 heavy (non-hydrogen) atoms. The van der Waals surface area contributed by atoms with Crippen LogP contribution in [0.25, 0.3) is 0 Å². The van der Waals surface area contributed by atoms with Crippen molar-refractivity contribution in [3.8, 4) is 5.75 Å². The fourth-order valence-electron chi connectivity index (χ4n) is 4.52. The van der Waals surface area contributed by atoms with E-state index in [2.05, 4.69) is 5.32 Å². The van der Waals surface area contributed by atoms with Gasteiger partial charge in [0.15, 0.2) is 0 Å². The summed E-state index contributed by atoms with van der Waals surface area (Å²) in [5.41, 5.74) is 1.35. The minimum absolute atomic E-state index is 0.00576. The van der Waals surface area contributed by atoms with Gasteiger partial charge in [0, 0.05) is 30.6 Å². The van der Waals surface area contributed by atoms with E-state index in [-0.39, 0.29) is 25.0 Å². The van der Waals surface area contributed by atoms with Crippen LogP contribution in [-0.2, 0) is 9.59 Å². The van der Waals surface area contributed by atoms with Gasteiger partial charge in [0.25, 0.3) is 0 Å². The molecule has 0 bridgehead atoms. The molecule has 0 saturated heterocycles. The molecule has 1 fully saturated rings. The van der Waals surface area contributed by atoms with Gasteiger partial charge in [-0.05, 0) is 37.3 Å². The normalized spacial score (nSPS) is 26.8. The molecule has 162 valence electrons. The lowest BCUT2D eigenvalue weighted by Crippen LogP contribution is -2.56. The molecule has 0 radical (unpaired) electrons. The highest BCUT2D eigenvalue weighted by molar-refractivity contribution is 5.96. The standard InChI is InChI=1S/C23H30N2O5/c1-2-5-19(27)25(13-14-8-9-14)17-12-16(23(29)24-10-11-26)20-15-6-3-4-7-18(15)30-22(20)21(17)28/h3-4,6-7,12,14,17,20-22,26,28H,2,5,8-11,13H2,1H3,(H,24,29)/t17-,20+,21+,22+/m1/s1. The van der Waals surface area contributed by atoms with Gasteiger partial charge in [-0.2, -0.15) is 0 Å². The van der Waals surface area contributed by atoms with Crippen molar-refractivity contribution in [1.82, 2.24) is 10.2 Å². The molecule has 2 amide bonds. The summed E-state index contributed by atoms with van der Waals surface area (Å²) < 4.78 is 6.09. The Morgan fingerprint density at radius 1 is 1.27 bits per heavy atom. The number of benzene rings is 1. The monoisotopic (exact) mass is 414 g/mol. The highest BCUT2D eigenvalue weighted by atomic mass is 16.5. The lowest BCUT2D eigenvalue weighted by atomic mass is 9.77. The van der Waals surface area contributed by atoms with Crippen molar-refractivity contribution in [2.45, 2.75) is 56.8 Å². The van der Waals surface area contributed by atoms with Crippen LogP contribution in [0.2, 0.25) is 0 Å². The molecule has 4 atom stereocenters. The number of aliphatic hydroxyl groups excluding tert-OH is 2. The van der Waals surface area contributed by atoms with E-state index in [1.165, 1.54) is 0 Å². The minimum atomic E-state index is -0.934. The maximum absolute atomic E-state index is 13.0. The van der Waals surface area contributed by atoms with Crippen molar-refractivity contribution in [3.63, 3.8) is 0 Å². The number of aliphatic hydroxyl groups is 2. The van der Waals surface area contributed by atoms with E-state index < -0.39 is 24.2 Å². The fraction of sp³-hybridized carbons (Fsp3) is 0.565. The quantitative estimate of drug-likeness (QED) is 0.596. The third-order valence-corrected chi connectivity index (χ3v) is 6.17. The molecule has 0 unspecified atom stereocenters. The lowest BCUT2D eigenvalue weighted by molar-refractivity contribution is -0.137. The largest absolute Gasteiger partial charge is 0.486 e. The van der Waals surface area contributed by atoms with E-state index in [9.17, 15) is 14.7 Å². The molecule has 2 aliphatic carbocycles. The van der Waals surface area contributed by atoms with E-state index in [0.717, 1.165) is 24.8 Å². The van der Waals surface area contributed by atoms with Crippen molar-refractivity contribution in [2.75, 3.05) is 19.7 Å². The summed E-state index contributed by atoms with van der Waals surface area (Å²) in [5.74, 6) is 0.397. The summed E-state index contributed by atoms with van der Waals surface area (Å²) >= 11 is 0. The average Bonchev–Trinajstić information content (AvgIpc) is 3.48. The van der Waals surface area contributed by atoms with E-state index in [1.54, 1.807) is 11.0 Å². The molecule has 7 heteroatoms. The van der Waals surface area contributed by atoms with Crippen LogP contribution in [0.4, 0.5) is 0 Å². The molecule has 0 aromatic heterocycles. The number of nitrogens with zero attached hydrogens (tertiary/aromatic N) is 1. The number of ether oxygens (including phenoxy) is 1. The van der Waals surface area contributed by atoms with Crippen LogP contribution in [0.1, 0.15) is 44.1 Å². The molecule has 0 spiro atoms. The number of carbonyl (C=O) groups is 2. The van der Waals surface area contributed by atoms with Crippen LogP contribution in [0.15, 0.2) is 35.9 Å². The Hall–Kier alpha value is -2.38. The first-order valence-corrected chi connectivity index (χ1v) is 10.9. The van der Waals surface area contributed by atoms with Crippen LogP contribution in [-0.4, -0.2) is 64.9 Å². The Bertz CT molecular complexity index is 835. The summed E-state index contributed by atoms with van der Waals surface area (Å²) in [7, 11) is 0. The Morgan fingerprint density at radius 2 is 2.03 bits per heavy atom. The van der Waals surface area contributed by atoms with Gasteiger partial charge >= 0.3 is 0 Å². The van der Waals surface area contributed by atoms with E-state index >= 15 is 0 Å². The van der Waals surface area contributed by atoms with Crippen molar-refractivity contribution >= 4 is 11.8 Å². The molecule has 1 saturated carbocycles. The van der Waals surface area contributed by atoms with Gasteiger partial charge in [-0.15, -0.1) is 0 Å². The van der Waals surface area contributed by atoms with Gasteiger partial charge in [-0.1, -0.05) is 25.1 Å². The second-order valence-electron chi connectivity index (χ2n) is 8.42. The van der Waals surface area contributed by atoms with Crippen molar-refractivity contribution < 1.29 is 24.5 Å². The number of amides is 2. The van der Waals surface area contributed by atoms with Crippen LogP contribution < -0.4 is 10.1 Å². The molecule has 1 aromatic carbocycles. The molecule has 1 heterocycles. The second kappa shape index (κ2) is 8.78. The van der Waals surface area contributed by atoms with E-state index in [1.807, 2.05) is 31.2 Å². The smallest absolute Gasteiger partial charge is 0.247 e. The van der Waals surface area contributed by atoms with Gasteiger partial charge < -0.3 is 25.2 Å². The Morgan fingerprint density at radius 3 is 2.73 bits per heavy atom. The van der Waals surface area contributed by atoms with Crippen molar-refractivity contribution in [3.05, 3.63) is 41.5 Å². The SMILES string of the molecule is CCCC(=O)N(CC1CC1)[C@@H]1C=C(C(=O)NCCO)[C@@H]2c3ccccc3O[C@@H]2[C@H]1O. The van der Waals surface area contributed by atoms with Crippen LogP contribution in [0, 0.1) is 5.92 Å². The maximum atomic E-state index is 13.0. The van der Waals surface area contributed by atoms with Gasteiger partial charge in [0.05, 0.1) is 18.6 Å². The molecule has 1 aliphatic heterocycles. The Labute approximate surface area is 176 Å². The van der Waals surface area contributed by atoms with E-state index in [4.69, 9.17) is 9.84 Å². The van der Waals surface area contributed by atoms with Gasteiger partial charge in [0.2, 0.25) is 11.8 Å². The predicted molar refractivity (Wildman–Crippen MR) is 111 cm³/mol. The van der Waals surface area contributed by atoms with Crippen LogP contribution in [0.3, 0.4) is 0 Å². The number of carbonyl (C=O) groups excluding carboxylic acids is 2. The number of hydrogen-bond donors (Lipinski definition) is 3. The second-order valence-corrected chi connectivity index (χ2v) is 8.42. The van der Waals surface area contributed by atoms with Crippen LogP contribution in [0.5, 0.6) is 5.75 Å². The molecular formula is C23H30N2O5. The average molecular weight is 415 g/mol. The van der Waals surface area contributed by atoms with Gasteiger partial charge in [0.1, 0.15) is 18.0 Å². The molecule has 3 aliphatic rings. The predicted octanol–water partition coefficient (Wildman–Crippen LogP) is 1.35. The zero-order chi connectivity index (χ0) is 21.3. The third kappa shape index (κ3) is 3.96.